The van der Waals surface area contributed by atoms with Crippen LogP contribution in [0, 0.1) is 11.8 Å². The molecule has 2 aliphatic rings. The van der Waals surface area contributed by atoms with E-state index in [0.29, 0.717) is 34.6 Å². The fraction of sp³-hybridized carbons (Fsp3) is 0.375. The Bertz CT molecular complexity index is 1210. The van der Waals surface area contributed by atoms with Crippen molar-refractivity contribution in [1.29, 1.82) is 0 Å². The minimum absolute atomic E-state index is 0.0587. The summed E-state index contributed by atoms with van der Waals surface area (Å²) in [6.45, 7) is 3.05. The fourth-order valence-electron chi connectivity index (χ4n) is 5.88. The number of piperidine rings is 2. The van der Waals surface area contributed by atoms with Crippen LogP contribution in [-0.2, 0) is 9.59 Å². The molecule has 2 heterocycles. The van der Waals surface area contributed by atoms with Gasteiger partial charge in [-0.25, -0.2) is 0 Å². The lowest BCUT2D eigenvalue weighted by Crippen LogP contribution is -2.42. The number of benzene rings is 3. The van der Waals surface area contributed by atoms with E-state index in [1.165, 1.54) is 0 Å². The highest BCUT2D eigenvalue weighted by atomic mass is 35.5. The van der Waals surface area contributed by atoms with Crippen molar-refractivity contribution in [3.63, 3.8) is 0 Å². The molecule has 40 heavy (non-hydrogen) atoms. The number of esters is 2. The number of rotatable bonds is 6. The minimum atomic E-state index is -0.300. The first kappa shape index (κ1) is 28.6. The van der Waals surface area contributed by atoms with E-state index in [2.05, 4.69) is 9.80 Å². The maximum atomic E-state index is 13.3. The molecular weight excluding hydrogens is 547 g/mol. The zero-order valence-electron chi connectivity index (χ0n) is 22.8. The summed E-state index contributed by atoms with van der Waals surface area (Å²) in [5.41, 5.74) is 2.18. The minimum Gasteiger partial charge on any atom is -0.426 e. The predicted octanol–water partition coefficient (Wildman–Crippen LogP) is 6.28. The van der Waals surface area contributed by atoms with E-state index in [0.717, 1.165) is 37.1 Å². The van der Waals surface area contributed by atoms with Crippen LogP contribution in [0.15, 0.2) is 72.8 Å². The molecule has 0 spiro atoms. The average molecular weight is 582 g/mol. The molecule has 0 bridgehead atoms. The topological polar surface area (TPSA) is 59.1 Å². The van der Waals surface area contributed by atoms with Crippen LogP contribution >= 0.6 is 23.2 Å². The Morgan fingerprint density at radius 2 is 0.975 bits per heavy atom. The molecule has 4 atom stereocenters. The van der Waals surface area contributed by atoms with Gasteiger partial charge >= 0.3 is 11.9 Å². The Labute approximate surface area is 245 Å². The Morgan fingerprint density at radius 3 is 1.32 bits per heavy atom. The third-order valence-electron chi connectivity index (χ3n) is 8.09. The highest BCUT2D eigenvalue weighted by molar-refractivity contribution is 6.30. The largest absolute Gasteiger partial charge is 0.426 e. The maximum absolute atomic E-state index is 13.3. The Morgan fingerprint density at radius 1 is 0.625 bits per heavy atom. The molecule has 5 rings (SSSR count). The number of carbonyl (C=O) groups is 2. The number of likely N-dealkylation sites (tertiary alicyclic amines) is 2. The first-order chi connectivity index (χ1) is 19.3. The van der Waals surface area contributed by atoms with E-state index in [1.807, 2.05) is 62.6 Å². The van der Waals surface area contributed by atoms with Gasteiger partial charge in [0, 0.05) is 23.1 Å². The van der Waals surface area contributed by atoms with E-state index in [-0.39, 0.29) is 35.6 Å². The van der Waals surface area contributed by atoms with Gasteiger partial charge in [-0.15, -0.1) is 0 Å². The van der Waals surface area contributed by atoms with Crippen LogP contribution in [0.1, 0.15) is 35.8 Å². The second-order valence-electron chi connectivity index (χ2n) is 10.9. The molecule has 2 saturated heterocycles. The molecule has 0 aromatic heterocycles. The summed E-state index contributed by atoms with van der Waals surface area (Å²) in [4.78, 5) is 30.9. The smallest absolute Gasteiger partial charge is 0.316 e. The maximum Gasteiger partial charge on any atom is 0.316 e. The van der Waals surface area contributed by atoms with Crippen LogP contribution in [0.3, 0.4) is 0 Å². The molecule has 2 aliphatic heterocycles. The molecule has 0 N–H and O–H groups in total. The van der Waals surface area contributed by atoms with Crippen molar-refractivity contribution in [2.45, 2.75) is 24.7 Å². The third-order valence-corrected chi connectivity index (χ3v) is 8.60. The van der Waals surface area contributed by atoms with E-state index >= 15 is 0 Å². The molecule has 0 saturated carbocycles. The molecule has 0 amide bonds. The van der Waals surface area contributed by atoms with Crippen molar-refractivity contribution in [3.05, 3.63) is 94.0 Å². The average Bonchev–Trinajstić information content (AvgIpc) is 2.95. The normalized spacial score (nSPS) is 23.9. The standard InChI is InChI=1S/C32H34Cl2N2O4/c1-35-17-15-27(21-3-7-23(33)8-4-21)29(19-35)31(37)39-25-11-13-26(14-12-25)40-32(38)30-20-36(2)18-16-28(30)22-5-9-24(34)10-6-22/h3-14,27-30H,15-20H2,1-2H3/t27-,28-,29+,30?/m1/s1. The van der Waals surface area contributed by atoms with E-state index in [9.17, 15) is 9.59 Å². The van der Waals surface area contributed by atoms with Crippen LogP contribution in [0.25, 0.3) is 0 Å². The van der Waals surface area contributed by atoms with Crippen LogP contribution in [0.4, 0.5) is 0 Å². The van der Waals surface area contributed by atoms with Crippen LogP contribution in [0.2, 0.25) is 10.0 Å². The van der Waals surface area contributed by atoms with Gasteiger partial charge < -0.3 is 19.3 Å². The van der Waals surface area contributed by atoms with Gasteiger partial charge in [-0.1, -0.05) is 47.5 Å². The van der Waals surface area contributed by atoms with Crippen LogP contribution in [-0.4, -0.2) is 62.0 Å². The molecule has 0 radical (unpaired) electrons. The fourth-order valence-corrected chi connectivity index (χ4v) is 6.14. The van der Waals surface area contributed by atoms with E-state index in [1.54, 1.807) is 24.3 Å². The van der Waals surface area contributed by atoms with Crippen molar-refractivity contribution >= 4 is 35.1 Å². The van der Waals surface area contributed by atoms with Gasteiger partial charge in [-0.3, -0.25) is 9.59 Å². The Kier molecular flexibility index (Phi) is 9.11. The summed E-state index contributed by atoms with van der Waals surface area (Å²) >= 11 is 12.2. The van der Waals surface area contributed by atoms with Gasteiger partial charge in [-0.2, -0.15) is 0 Å². The van der Waals surface area contributed by atoms with Crippen molar-refractivity contribution in [2.24, 2.45) is 11.8 Å². The van der Waals surface area contributed by atoms with Gasteiger partial charge in [-0.05, 0) is 112 Å². The zero-order valence-corrected chi connectivity index (χ0v) is 24.3. The van der Waals surface area contributed by atoms with E-state index in [4.69, 9.17) is 32.7 Å². The van der Waals surface area contributed by atoms with Gasteiger partial charge in [0.15, 0.2) is 0 Å². The van der Waals surface area contributed by atoms with Crippen molar-refractivity contribution in [2.75, 3.05) is 40.3 Å². The summed E-state index contributed by atoms with van der Waals surface area (Å²) in [7, 11) is 4.03. The summed E-state index contributed by atoms with van der Waals surface area (Å²) in [5.74, 6) is -0.184. The number of hydrogen-bond acceptors (Lipinski definition) is 6. The monoisotopic (exact) mass is 580 g/mol. The van der Waals surface area contributed by atoms with Gasteiger partial charge in [0.05, 0.1) is 11.8 Å². The zero-order chi connectivity index (χ0) is 28.2. The summed E-state index contributed by atoms with van der Waals surface area (Å²) in [5, 5.41) is 1.35. The highest BCUT2D eigenvalue weighted by Crippen LogP contribution is 2.36. The molecule has 6 nitrogen and oxygen atoms in total. The molecule has 3 aromatic rings. The number of halogens is 2. The Balaban J connectivity index is 1.24. The molecular formula is C32H34Cl2N2O4. The summed E-state index contributed by atoms with van der Waals surface area (Å²) < 4.78 is 11.6. The number of carbonyl (C=O) groups excluding carboxylic acids is 2. The van der Waals surface area contributed by atoms with Gasteiger partial charge in [0.1, 0.15) is 11.5 Å². The third kappa shape index (κ3) is 6.87. The molecule has 3 aromatic carbocycles. The second kappa shape index (κ2) is 12.7. The lowest BCUT2D eigenvalue weighted by atomic mass is 9.80. The number of ether oxygens (including phenoxy) is 2. The highest BCUT2D eigenvalue weighted by Gasteiger charge is 2.37. The SMILES string of the molecule is CN1CC[C@H](c2ccc(Cl)cc2)C(C(=O)Oc2ccc(OC(=O)[C@H]3CN(C)CC[C@@H]3c3ccc(Cl)cc3)cc2)C1. The molecule has 210 valence electrons. The lowest BCUT2D eigenvalue weighted by Gasteiger charge is -2.35. The van der Waals surface area contributed by atoms with Crippen LogP contribution in [0.5, 0.6) is 11.5 Å². The number of hydrogen-bond donors (Lipinski definition) is 0. The van der Waals surface area contributed by atoms with Crippen molar-refractivity contribution in [3.8, 4) is 11.5 Å². The predicted molar refractivity (Wildman–Crippen MR) is 157 cm³/mol. The molecule has 0 aliphatic carbocycles. The van der Waals surface area contributed by atoms with Crippen molar-refractivity contribution in [1.82, 2.24) is 9.80 Å². The first-order valence-corrected chi connectivity index (χ1v) is 14.4. The lowest BCUT2D eigenvalue weighted by molar-refractivity contribution is -0.142. The van der Waals surface area contributed by atoms with Gasteiger partial charge in [0.25, 0.3) is 0 Å². The quantitative estimate of drug-likeness (QED) is 0.253. The summed E-state index contributed by atoms with van der Waals surface area (Å²) in [6, 6.07) is 22.1. The second-order valence-corrected chi connectivity index (χ2v) is 11.8. The van der Waals surface area contributed by atoms with Gasteiger partial charge in [0.2, 0.25) is 0 Å². The van der Waals surface area contributed by atoms with Crippen molar-refractivity contribution < 1.29 is 19.1 Å². The summed E-state index contributed by atoms with van der Waals surface area (Å²) in [6.07, 6.45) is 1.72. The van der Waals surface area contributed by atoms with E-state index < -0.39 is 0 Å². The molecule has 2 fully saturated rings. The number of nitrogens with zero attached hydrogens (tertiary/aromatic N) is 2. The molecule has 1 unspecified atom stereocenters. The first-order valence-electron chi connectivity index (χ1n) is 13.7. The van der Waals surface area contributed by atoms with Crippen LogP contribution < -0.4 is 9.47 Å². The Hall–Kier alpha value is -2.90. The molecule has 8 heteroatoms.